The minimum atomic E-state index is -0.555. The molecule has 0 heterocycles. The summed E-state index contributed by atoms with van der Waals surface area (Å²) in [6, 6.07) is -0.707. The van der Waals surface area contributed by atoms with E-state index in [0.717, 1.165) is 4.43 Å². The first-order valence-corrected chi connectivity index (χ1v) is 7.22. The van der Waals surface area contributed by atoms with Gasteiger partial charge in [0.1, 0.15) is 6.04 Å². The molecule has 0 rings (SSSR count). The first-order valence-electron chi connectivity index (χ1n) is 5.69. The standard InChI is InChI=1S/C11H21IN2O3/c1-5-17-10(15)9(6-7-12)13-11(16)14(4)8(2)3/h8-9H,5-7H2,1-4H3,(H,13,16)/t9-/m0/s1. The zero-order chi connectivity index (χ0) is 13.4. The van der Waals surface area contributed by atoms with Crippen LogP contribution in [0.25, 0.3) is 0 Å². The molecule has 0 fully saturated rings. The summed E-state index contributed by atoms with van der Waals surface area (Å²) in [6.45, 7) is 5.90. The van der Waals surface area contributed by atoms with Crippen LogP contribution < -0.4 is 5.32 Å². The number of urea groups is 1. The Bertz CT molecular complexity index is 259. The normalized spacial score (nSPS) is 12.1. The van der Waals surface area contributed by atoms with Gasteiger partial charge in [-0.05, 0) is 27.2 Å². The van der Waals surface area contributed by atoms with E-state index in [1.807, 2.05) is 13.8 Å². The lowest BCUT2D eigenvalue weighted by atomic mass is 10.2. The van der Waals surface area contributed by atoms with Crippen molar-refractivity contribution < 1.29 is 14.3 Å². The lowest BCUT2D eigenvalue weighted by molar-refractivity contribution is -0.145. The highest BCUT2D eigenvalue weighted by molar-refractivity contribution is 14.1. The van der Waals surface area contributed by atoms with Crippen LogP contribution in [0.5, 0.6) is 0 Å². The Kier molecular flexibility index (Phi) is 8.28. The second kappa shape index (κ2) is 8.54. The Hall–Kier alpha value is -0.530. The van der Waals surface area contributed by atoms with E-state index in [9.17, 15) is 9.59 Å². The minimum absolute atomic E-state index is 0.0949. The van der Waals surface area contributed by atoms with Crippen molar-refractivity contribution in [3.8, 4) is 0 Å². The molecule has 0 aliphatic carbocycles. The maximum Gasteiger partial charge on any atom is 0.328 e. The Morgan fingerprint density at radius 2 is 2.00 bits per heavy atom. The molecule has 0 saturated carbocycles. The van der Waals surface area contributed by atoms with Crippen LogP contribution in [-0.4, -0.2) is 47.1 Å². The van der Waals surface area contributed by atoms with Gasteiger partial charge in [-0.3, -0.25) is 0 Å². The van der Waals surface area contributed by atoms with Crippen molar-refractivity contribution in [2.75, 3.05) is 18.1 Å². The summed E-state index contributed by atoms with van der Waals surface area (Å²) >= 11 is 2.17. The molecule has 0 unspecified atom stereocenters. The molecule has 0 spiro atoms. The third kappa shape index (κ3) is 6.09. The van der Waals surface area contributed by atoms with Crippen molar-refractivity contribution in [1.29, 1.82) is 0 Å². The lowest BCUT2D eigenvalue weighted by Crippen LogP contribution is -2.49. The fraction of sp³-hybridized carbons (Fsp3) is 0.818. The van der Waals surface area contributed by atoms with Crippen molar-refractivity contribution in [2.24, 2.45) is 0 Å². The number of amides is 2. The van der Waals surface area contributed by atoms with Crippen molar-refractivity contribution in [3.05, 3.63) is 0 Å². The number of nitrogens with zero attached hydrogens (tertiary/aromatic N) is 1. The number of hydrogen-bond donors (Lipinski definition) is 1. The van der Waals surface area contributed by atoms with Crippen LogP contribution in [0.4, 0.5) is 4.79 Å². The summed E-state index contributed by atoms with van der Waals surface area (Å²) in [5, 5.41) is 2.69. The number of nitrogens with one attached hydrogen (secondary N) is 1. The van der Waals surface area contributed by atoms with Crippen molar-refractivity contribution in [3.63, 3.8) is 0 Å². The van der Waals surface area contributed by atoms with Gasteiger partial charge < -0.3 is 15.0 Å². The van der Waals surface area contributed by atoms with Crippen LogP contribution >= 0.6 is 22.6 Å². The predicted octanol–water partition coefficient (Wildman–Crippen LogP) is 1.79. The average molecular weight is 356 g/mol. The number of halogens is 1. The van der Waals surface area contributed by atoms with Crippen molar-refractivity contribution >= 4 is 34.6 Å². The molecule has 100 valence electrons. The zero-order valence-corrected chi connectivity index (χ0v) is 13.0. The van der Waals surface area contributed by atoms with E-state index in [-0.39, 0.29) is 18.0 Å². The number of rotatable bonds is 6. The van der Waals surface area contributed by atoms with Gasteiger partial charge in [0.15, 0.2) is 0 Å². The lowest BCUT2D eigenvalue weighted by Gasteiger charge is -2.24. The van der Waals surface area contributed by atoms with Gasteiger partial charge in [0, 0.05) is 17.5 Å². The van der Waals surface area contributed by atoms with Crippen LogP contribution in [0.15, 0.2) is 0 Å². The molecule has 0 aromatic heterocycles. The highest BCUT2D eigenvalue weighted by atomic mass is 127. The minimum Gasteiger partial charge on any atom is -0.464 e. The third-order valence-electron chi connectivity index (χ3n) is 2.36. The smallest absolute Gasteiger partial charge is 0.328 e. The second-order valence-electron chi connectivity index (χ2n) is 3.94. The summed E-state index contributed by atoms with van der Waals surface area (Å²) in [5.41, 5.74) is 0. The van der Waals surface area contributed by atoms with Crippen LogP contribution in [-0.2, 0) is 9.53 Å². The van der Waals surface area contributed by atoms with E-state index in [0.29, 0.717) is 13.0 Å². The monoisotopic (exact) mass is 356 g/mol. The zero-order valence-electron chi connectivity index (χ0n) is 10.8. The molecule has 0 bridgehead atoms. The summed E-state index contributed by atoms with van der Waals surface area (Å²) in [4.78, 5) is 24.9. The van der Waals surface area contributed by atoms with Gasteiger partial charge >= 0.3 is 12.0 Å². The van der Waals surface area contributed by atoms with Gasteiger partial charge in [-0.25, -0.2) is 9.59 Å². The summed E-state index contributed by atoms with van der Waals surface area (Å²) in [7, 11) is 1.70. The number of ether oxygens (including phenoxy) is 1. The maximum absolute atomic E-state index is 11.8. The van der Waals surface area contributed by atoms with Gasteiger partial charge in [-0.15, -0.1) is 0 Å². The highest BCUT2D eigenvalue weighted by Crippen LogP contribution is 2.02. The molecule has 5 nitrogen and oxygen atoms in total. The van der Waals surface area contributed by atoms with Crippen LogP contribution in [0.1, 0.15) is 27.2 Å². The SMILES string of the molecule is CCOC(=O)[C@H](CCI)NC(=O)N(C)C(C)C. The Morgan fingerprint density at radius 3 is 2.41 bits per heavy atom. The Morgan fingerprint density at radius 1 is 1.41 bits per heavy atom. The molecular weight excluding hydrogens is 335 g/mol. The second-order valence-corrected chi connectivity index (χ2v) is 5.02. The topological polar surface area (TPSA) is 58.6 Å². The van der Waals surface area contributed by atoms with Crippen LogP contribution in [0.2, 0.25) is 0 Å². The predicted molar refractivity (Wildman–Crippen MR) is 75.4 cm³/mol. The maximum atomic E-state index is 11.8. The van der Waals surface area contributed by atoms with Gasteiger partial charge in [-0.2, -0.15) is 0 Å². The molecule has 6 heteroatoms. The number of alkyl halides is 1. The molecule has 0 aliphatic rings. The molecule has 1 atom stereocenters. The molecular formula is C11H21IN2O3. The molecule has 1 N–H and O–H groups in total. The molecule has 0 radical (unpaired) electrons. The van der Waals surface area contributed by atoms with Gasteiger partial charge in [0.2, 0.25) is 0 Å². The third-order valence-corrected chi connectivity index (χ3v) is 2.98. The van der Waals surface area contributed by atoms with Crippen LogP contribution in [0, 0.1) is 0 Å². The highest BCUT2D eigenvalue weighted by Gasteiger charge is 2.23. The van der Waals surface area contributed by atoms with Crippen LogP contribution in [0.3, 0.4) is 0 Å². The summed E-state index contributed by atoms with van der Waals surface area (Å²) in [6.07, 6.45) is 0.580. The Labute approximate surface area is 116 Å². The fourth-order valence-electron chi connectivity index (χ4n) is 1.09. The quantitative estimate of drug-likeness (QED) is 0.449. The van der Waals surface area contributed by atoms with E-state index in [1.54, 1.807) is 18.9 Å². The molecule has 0 aliphatic heterocycles. The molecule has 2 amide bonds. The van der Waals surface area contributed by atoms with Gasteiger partial charge in [0.05, 0.1) is 6.61 Å². The Balaban J connectivity index is 4.43. The first kappa shape index (κ1) is 16.5. The summed E-state index contributed by atoms with van der Waals surface area (Å²) in [5.74, 6) is -0.366. The molecule has 0 aromatic carbocycles. The fourth-order valence-corrected chi connectivity index (χ4v) is 1.71. The molecule has 0 saturated heterocycles. The molecule has 0 aromatic rings. The number of carbonyl (C=O) groups is 2. The largest absolute Gasteiger partial charge is 0.464 e. The summed E-state index contributed by atoms with van der Waals surface area (Å²) < 4.78 is 5.71. The van der Waals surface area contributed by atoms with Gasteiger partial charge in [0.25, 0.3) is 0 Å². The van der Waals surface area contributed by atoms with E-state index in [2.05, 4.69) is 27.9 Å². The van der Waals surface area contributed by atoms with Crippen molar-refractivity contribution in [1.82, 2.24) is 10.2 Å². The van der Waals surface area contributed by atoms with Gasteiger partial charge in [-0.1, -0.05) is 22.6 Å². The number of esters is 1. The van der Waals surface area contributed by atoms with E-state index in [1.165, 1.54) is 0 Å². The van der Waals surface area contributed by atoms with E-state index < -0.39 is 6.04 Å². The first-order chi connectivity index (χ1) is 7.93. The van der Waals surface area contributed by atoms with E-state index in [4.69, 9.17) is 4.74 Å². The number of carbonyl (C=O) groups excluding carboxylic acids is 2. The van der Waals surface area contributed by atoms with E-state index >= 15 is 0 Å². The number of hydrogen-bond acceptors (Lipinski definition) is 3. The molecule has 17 heavy (non-hydrogen) atoms. The average Bonchev–Trinajstić information content (AvgIpc) is 2.27. The van der Waals surface area contributed by atoms with Crippen molar-refractivity contribution in [2.45, 2.75) is 39.3 Å².